The molecule has 0 atom stereocenters. The van der Waals surface area contributed by atoms with Crippen LogP contribution in [0.1, 0.15) is 0 Å². The van der Waals surface area contributed by atoms with Crippen molar-refractivity contribution in [1.29, 1.82) is 0 Å². The smallest absolute Gasteiger partial charge is 1.00 e. The van der Waals surface area contributed by atoms with Gasteiger partial charge >= 0.3 is 21.7 Å². The van der Waals surface area contributed by atoms with Gasteiger partial charge in [0.1, 0.15) is 0 Å². The van der Waals surface area contributed by atoms with E-state index in [1.54, 1.807) is 0 Å². The van der Waals surface area contributed by atoms with Crippen LogP contribution in [-0.2, 0) is 21.7 Å². The molecule has 0 aromatic heterocycles. The molecule has 0 amide bonds. The Labute approximate surface area is 91.7 Å². The first kappa shape index (κ1) is 672. The van der Waals surface area contributed by atoms with Crippen molar-refractivity contribution in [2.24, 2.45) is 0 Å². The van der Waals surface area contributed by atoms with Gasteiger partial charge in [-0.25, -0.2) is 0 Å². The molecule has 0 unspecified atom stereocenters. The molecule has 0 aromatic rings. The SMILES string of the molecule is O.O.O.O.O.O.[Cl-].[Cl-].[Cl-].[Ti+3]. The molecular formula is H12Cl3O6Ti. The summed E-state index contributed by atoms with van der Waals surface area (Å²) in [5.74, 6) is 0. The Morgan fingerprint density at radius 2 is 0.300 bits per heavy atom. The van der Waals surface area contributed by atoms with Crippen molar-refractivity contribution in [3.05, 3.63) is 0 Å². The maximum absolute atomic E-state index is 0. The summed E-state index contributed by atoms with van der Waals surface area (Å²) in [5, 5.41) is 0. The zero-order valence-electron chi connectivity index (χ0n) is 4.63. The zero-order chi connectivity index (χ0) is 0. The van der Waals surface area contributed by atoms with Crippen LogP contribution < -0.4 is 37.2 Å². The molecule has 73 valence electrons. The third-order valence-corrected chi connectivity index (χ3v) is 0. The van der Waals surface area contributed by atoms with Gasteiger partial charge in [-0.3, -0.25) is 0 Å². The van der Waals surface area contributed by atoms with Gasteiger partial charge in [-0.15, -0.1) is 0 Å². The van der Waals surface area contributed by atoms with Gasteiger partial charge in [-0.2, -0.15) is 0 Å². The fourth-order valence-electron chi connectivity index (χ4n) is 0. The van der Waals surface area contributed by atoms with Crippen LogP contribution >= 0.6 is 0 Å². The first-order valence-electron chi connectivity index (χ1n) is 0. The molecule has 0 rings (SSSR count). The Hall–Kier alpha value is 1.34. The summed E-state index contributed by atoms with van der Waals surface area (Å²) in [6, 6.07) is 0. The average Bonchev–Trinajstić information content (AvgIpc) is 0. The monoisotopic (exact) mass is 261 g/mol. The van der Waals surface area contributed by atoms with Crippen LogP contribution in [0.25, 0.3) is 0 Å². The van der Waals surface area contributed by atoms with E-state index in [0.717, 1.165) is 0 Å². The van der Waals surface area contributed by atoms with Gasteiger partial charge in [-0.05, 0) is 0 Å². The van der Waals surface area contributed by atoms with Crippen LogP contribution in [0, 0.1) is 0 Å². The maximum atomic E-state index is 0. The minimum Gasteiger partial charge on any atom is -1.00 e. The van der Waals surface area contributed by atoms with Crippen molar-refractivity contribution in [3.63, 3.8) is 0 Å². The fourth-order valence-corrected chi connectivity index (χ4v) is 0. The van der Waals surface area contributed by atoms with E-state index in [1.165, 1.54) is 0 Å². The van der Waals surface area contributed by atoms with Crippen molar-refractivity contribution in [1.82, 2.24) is 0 Å². The van der Waals surface area contributed by atoms with Crippen molar-refractivity contribution < 1.29 is 91.8 Å². The molecule has 0 heterocycles. The minimum atomic E-state index is 0. The Balaban J connectivity index is 0. The number of halogens is 3. The normalized spacial score (nSPS) is 0. The largest absolute Gasteiger partial charge is 3.00 e. The standard InChI is InChI=1S/3ClH.6H2O.Ti/h3*1H;6*1H2;/q;;;;;;;;;+3/p-3. The van der Waals surface area contributed by atoms with Gasteiger partial charge in [0, 0.05) is 0 Å². The van der Waals surface area contributed by atoms with E-state index < -0.39 is 0 Å². The third kappa shape index (κ3) is 360. The predicted octanol–water partition coefficient (Wildman–Crippen LogP) is -13.9. The van der Waals surface area contributed by atoms with Gasteiger partial charge in [0.2, 0.25) is 0 Å². The molecule has 10 heavy (non-hydrogen) atoms. The van der Waals surface area contributed by atoms with Crippen LogP contribution in [0.4, 0.5) is 0 Å². The van der Waals surface area contributed by atoms with Gasteiger partial charge < -0.3 is 70.1 Å². The van der Waals surface area contributed by atoms with Gasteiger partial charge in [0.15, 0.2) is 0 Å². The molecule has 0 saturated heterocycles. The topological polar surface area (TPSA) is 189 Å². The van der Waals surface area contributed by atoms with Crippen LogP contribution in [0.5, 0.6) is 0 Å². The Bertz CT molecular complexity index is 13.0. The molecule has 6 nitrogen and oxygen atoms in total. The summed E-state index contributed by atoms with van der Waals surface area (Å²) in [4.78, 5) is 0. The summed E-state index contributed by atoms with van der Waals surface area (Å²) in [7, 11) is 0. The van der Waals surface area contributed by atoms with E-state index >= 15 is 0 Å². The van der Waals surface area contributed by atoms with Crippen molar-refractivity contribution >= 4 is 0 Å². The summed E-state index contributed by atoms with van der Waals surface area (Å²) in [6.07, 6.45) is 0. The minimum absolute atomic E-state index is 0. The number of hydrogen-bond acceptors (Lipinski definition) is 0. The molecule has 0 spiro atoms. The number of hydrogen-bond donors (Lipinski definition) is 0. The van der Waals surface area contributed by atoms with Crippen LogP contribution in [-0.4, -0.2) is 32.9 Å². The van der Waals surface area contributed by atoms with Gasteiger partial charge in [0.25, 0.3) is 0 Å². The molecule has 10 heteroatoms. The molecule has 0 aliphatic carbocycles. The molecule has 0 aliphatic heterocycles. The average molecular weight is 262 g/mol. The quantitative estimate of drug-likeness (QED) is 0.375. The van der Waals surface area contributed by atoms with E-state index in [0.29, 0.717) is 0 Å². The van der Waals surface area contributed by atoms with E-state index in [2.05, 4.69) is 0 Å². The van der Waals surface area contributed by atoms with Crippen LogP contribution in [0.2, 0.25) is 0 Å². The zero-order valence-corrected chi connectivity index (χ0v) is 8.46. The van der Waals surface area contributed by atoms with Crippen LogP contribution in [0.3, 0.4) is 0 Å². The first-order chi connectivity index (χ1) is 0. The first-order valence-corrected chi connectivity index (χ1v) is 0. The Morgan fingerprint density at radius 3 is 0.300 bits per heavy atom. The van der Waals surface area contributed by atoms with Crippen LogP contribution in [0.15, 0.2) is 0 Å². The van der Waals surface area contributed by atoms with Crippen molar-refractivity contribution in [2.45, 2.75) is 0 Å². The van der Waals surface area contributed by atoms with E-state index in [-0.39, 0.29) is 91.8 Å². The van der Waals surface area contributed by atoms with E-state index in [4.69, 9.17) is 0 Å². The van der Waals surface area contributed by atoms with Gasteiger partial charge in [0.05, 0.1) is 0 Å². The van der Waals surface area contributed by atoms with E-state index in [1.807, 2.05) is 0 Å². The second kappa shape index (κ2) is 500. The molecule has 0 bridgehead atoms. The molecule has 0 saturated carbocycles. The summed E-state index contributed by atoms with van der Waals surface area (Å²) < 4.78 is 0. The molecule has 1 radical (unpaired) electrons. The van der Waals surface area contributed by atoms with Crippen molar-refractivity contribution in [2.75, 3.05) is 0 Å². The maximum Gasteiger partial charge on any atom is 3.00 e. The summed E-state index contributed by atoms with van der Waals surface area (Å²) in [5.41, 5.74) is 0. The molecule has 0 aromatic carbocycles. The summed E-state index contributed by atoms with van der Waals surface area (Å²) >= 11 is 0. The van der Waals surface area contributed by atoms with Gasteiger partial charge in [-0.1, -0.05) is 0 Å². The Kier molecular flexibility index (Phi) is 33600. The Morgan fingerprint density at radius 1 is 0.300 bits per heavy atom. The molecule has 0 aliphatic rings. The second-order valence-electron chi connectivity index (χ2n) is 0. The fraction of sp³-hybridized carbons (Fsp3) is 0. The summed E-state index contributed by atoms with van der Waals surface area (Å²) in [6.45, 7) is 0. The number of rotatable bonds is 0. The molecular weight excluding hydrogens is 250 g/mol. The molecule has 0 fully saturated rings. The second-order valence-corrected chi connectivity index (χ2v) is 0. The molecule has 12 N–H and O–H groups in total. The van der Waals surface area contributed by atoms with E-state index in [9.17, 15) is 0 Å². The van der Waals surface area contributed by atoms with Crippen molar-refractivity contribution in [3.8, 4) is 0 Å². The third-order valence-electron chi connectivity index (χ3n) is 0. The predicted molar refractivity (Wildman–Crippen MR) is 21.7 cm³/mol.